The highest BCUT2D eigenvalue weighted by Crippen LogP contribution is 2.33. The molecular formula is C14H11ClN4S. The number of aryl methyl sites for hydroxylation is 1. The number of aromatic nitrogens is 3. The van der Waals surface area contributed by atoms with Crippen molar-refractivity contribution in [1.82, 2.24) is 15.0 Å². The van der Waals surface area contributed by atoms with Gasteiger partial charge in [0, 0.05) is 35.9 Å². The Kier molecular flexibility index (Phi) is 3.71. The molecule has 0 atom stereocenters. The van der Waals surface area contributed by atoms with Gasteiger partial charge in [-0.1, -0.05) is 23.7 Å². The summed E-state index contributed by atoms with van der Waals surface area (Å²) in [5.74, 6) is 0. The lowest BCUT2D eigenvalue weighted by Crippen LogP contribution is -1.95. The highest BCUT2D eigenvalue weighted by atomic mass is 35.5. The molecule has 0 aliphatic heterocycles. The number of nitrogens with one attached hydrogen (secondary N) is 1. The third-order valence-corrected chi connectivity index (χ3v) is 4.03. The van der Waals surface area contributed by atoms with Gasteiger partial charge in [-0.3, -0.25) is 9.97 Å². The van der Waals surface area contributed by atoms with Crippen LogP contribution in [0.15, 0.2) is 47.9 Å². The maximum atomic E-state index is 6.26. The van der Waals surface area contributed by atoms with E-state index in [1.165, 1.54) is 11.9 Å². The zero-order chi connectivity index (χ0) is 13.9. The smallest absolute Gasteiger partial charge is 0.138 e. The summed E-state index contributed by atoms with van der Waals surface area (Å²) >= 11 is 7.64. The Morgan fingerprint density at radius 1 is 1.05 bits per heavy atom. The Labute approximate surface area is 125 Å². The third-order valence-electron chi connectivity index (χ3n) is 2.81. The number of pyridine rings is 1. The quantitative estimate of drug-likeness (QED) is 0.738. The van der Waals surface area contributed by atoms with Crippen LogP contribution in [0.4, 0.5) is 5.69 Å². The number of benzene rings is 1. The Hall–Kier alpha value is -1.85. The van der Waals surface area contributed by atoms with Gasteiger partial charge in [-0.25, -0.2) is 4.98 Å². The molecule has 1 N–H and O–H groups in total. The van der Waals surface area contributed by atoms with Gasteiger partial charge in [0.1, 0.15) is 5.03 Å². The molecular weight excluding hydrogens is 292 g/mol. The van der Waals surface area contributed by atoms with E-state index < -0.39 is 0 Å². The lowest BCUT2D eigenvalue weighted by molar-refractivity contribution is 0.988. The summed E-state index contributed by atoms with van der Waals surface area (Å²) in [7, 11) is 0. The second-order valence-corrected chi connectivity index (χ2v) is 5.35. The van der Waals surface area contributed by atoms with Crippen molar-refractivity contribution >= 4 is 40.1 Å². The van der Waals surface area contributed by atoms with Crippen LogP contribution in [0.5, 0.6) is 0 Å². The Morgan fingerprint density at radius 2 is 1.90 bits per heavy atom. The van der Waals surface area contributed by atoms with Crippen molar-refractivity contribution in [2.45, 2.75) is 11.9 Å². The van der Waals surface area contributed by atoms with E-state index in [2.05, 4.69) is 19.7 Å². The summed E-state index contributed by atoms with van der Waals surface area (Å²) in [5.41, 5.74) is 2.50. The number of nitrogens with zero attached hydrogens (tertiary/aromatic N) is 3. The Morgan fingerprint density at radius 3 is 2.75 bits per heavy atom. The highest BCUT2D eigenvalue weighted by Gasteiger charge is 2.09. The van der Waals surface area contributed by atoms with Crippen molar-refractivity contribution in [3.63, 3.8) is 0 Å². The maximum Gasteiger partial charge on any atom is 0.138 e. The molecule has 3 aromatic rings. The first-order valence-electron chi connectivity index (χ1n) is 5.99. The molecule has 0 aliphatic carbocycles. The molecule has 0 unspecified atom stereocenters. The second kappa shape index (κ2) is 5.64. The van der Waals surface area contributed by atoms with Crippen LogP contribution in [0, 0.1) is 6.92 Å². The maximum absolute atomic E-state index is 6.26. The number of halogens is 1. The van der Waals surface area contributed by atoms with Gasteiger partial charge in [0.05, 0.1) is 21.9 Å². The van der Waals surface area contributed by atoms with Gasteiger partial charge in [0.25, 0.3) is 0 Å². The topological polar surface area (TPSA) is 50.7 Å². The number of hydrogen-bond acceptors (Lipinski definition) is 5. The third kappa shape index (κ3) is 2.55. The van der Waals surface area contributed by atoms with E-state index in [0.29, 0.717) is 5.02 Å². The summed E-state index contributed by atoms with van der Waals surface area (Å²) in [6.45, 7) is 1.92. The minimum absolute atomic E-state index is 0.630. The average molecular weight is 303 g/mol. The van der Waals surface area contributed by atoms with E-state index in [4.69, 9.17) is 11.6 Å². The molecule has 0 spiro atoms. The molecule has 0 fully saturated rings. The molecule has 0 amide bonds. The summed E-state index contributed by atoms with van der Waals surface area (Å²) in [6, 6.07) is 7.72. The van der Waals surface area contributed by atoms with Crippen LogP contribution in [0.25, 0.3) is 10.9 Å². The van der Waals surface area contributed by atoms with Gasteiger partial charge in [0.15, 0.2) is 0 Å². The van der Waals surface area contributed by atoms with Crippen molar-refractivity contribution in [1.29, 1.82) is 0 Å². The van der Waals surface area contributed by atoms with E-state index in [1.54, 1.807) is 18.6 Å². The van der Waals surface area contributed by atoms with Crippen LogP contribution in [-0.4, -0.2) is 15.0 Å². The van der Waals surface area contributed by atoms with E-state index >= 15 is 0 Å². The monoisotopic (exact) mass is 302 g/mol. The molecule has 0 aliphatic rings. The van der Waals surface area contributed by atoms with Gasteiger partial charge in [-0.05, 0) is 19.1 Å². The van der Waals surface area contributed by atoms with Gasteiger partial charge in [-0.15, -0.1) is 0 Å². The number of hydrogen-bond donors (Lipinski definition) is 1. The molecule has 100 valence electrons. The SMILES string of the molecule is Cc1nccnc1SNc1c(Cl)ccc2cccnc12. The van der Waals surface area contributed by atoms with Crippen LogP contribution in [-0.2, 0) is 0 Å². The van der Waals surface area contributed by atoms with Crippen molar-refractivity contribution in [3.8, 4) is 0 Å². The summed E-state index contributed by atoms with van der Waals surface area (Å²) in [6.07, 6.45) is 5.09. The first-order valence-corrected chi connectivity index (χ1v) is 7.19. The van der Waals surface area contributed by atoms with E-state index in [0.717, 1.165) is 27.3 Å². The standard InChI is InChI=1S/C14H11ClN4S/c1-9-14(18-8-7-16-9)20-19-13-11(15)5-4-10-3-2-6-17-12(10)13/h2-8,19H,1H3. The van der Waals surface area contributed by atoms with Gasteiger partial charge in [0.2, 0.25) is 0 Å². The fourth-order valence-corrected chi connectivity index (χ4v) is 2.79. The van der Waals surface area contributed by atoms with Crippen molar-refractivity contribution in [2.24, 2.45) is 0 Å². The zero-order valence-electron chi connectivity index (χ0n) is 10.7. The summed E-state index contributed by atoms with van der Waals surface area (Å²) < 4.78 is 3.23. The van der Waals surface area contributed by atoms with Crippen LogP contribution in [0.2, 0.25) is 5.02 Å². The lowest BCUT2D eigenvalue weighted by atomic mass is 10.2. The van der Waals surface area contributed by atoms with Crippen molar-refractivity contribution < 1.29 is 0 Å². The predicted octanol–water partition coefficient (Wildman–Crippen LogP) is 4.11. The van der Waals surface area contributed by atoms with Gasteiger partial charge in [-0.2, -0.15) is 0 Å². The minimum atomic E-state index is 0.630. The van der Waals surface area contributed by atoms with Crippen LogP contribution in [0.1, 0.15) is 5.69 Å². The Balaban J connectivity index is 1.95. The second-order valence-electron chi connectivity index (χ2n) is 4.15. The van der Waals surface area contributed by atoms with Gasteiger partial charge >= 0.3 is 0 Å². The first kappa shape index (κ1) is 13.1. The highest BCUT2D eigenvalue weighted by molar-refractivity contribution is 8.00. The van der Waals surface area contributed by atoms with E-state index in [1.807, 2.05) is 31.2 Å². The fraction of sp³-hybridized carbons (Fsp3) is 0.0714. The summed E-state index contributed by atoms with van der Waals surface area (Å²) in [5, 5.41) is 2.48. The molecule has 20 heavy (non-hydrogen) atoms. The fourth-order valence-electron chi connectivity index (χ4n) is 1.81. The zero-order valence-corrected chi connectivity index (χ0v) is 12.2. The van der Waals surface area contributed by atoms with Crippen molar-refractivity contribution in [3.05, 3.63) is 53.6 Å². The van der Waals surface area contributed by atoms with Gasteiger partial charge < -0.3 is 4.72 Å². The lowest BCUT2D eigenvalue weighted by Gasteiger charge is -2.10. The Bertz CT molecular complexity index is 763. The average Bonchev–Trinajstić information content (AvgIpc) is 2.48. The molecule has 2 aromatic heterocycles. The largest absolute Gasteiger partial charge is 0.321 e. The minimum Gasteiger partial charge on any atom is -0.321 e. The number of anilines is 1. The van der Waals surface area contributed by atoms with E-state index in [9.17, 15) is 0 Å². The predicted molar refractivity (Wildman–Crippen MR) is 83.0 cm³/mol. The van der Waals surface area contributed by atoms with Crippen LogP contribution >= 0.6 is 23.5 Å². The van der Waals surface area contributed by atoms with Crippen LogP contribution < -0.4 is 4.72 Å². The molecule has 0 bridgehead atoms. The molecule has 2 heterocycles. The molecule has 1 aromatic carbocycles. The van der Waals surface area contributed by atoms with Crippen molar-refractivity contribution in [2.75, 3.05) is 4.72 Å². The number of fused-ring (bicyclic) bond motifs is 1. The normalized spacial score (nSPS) is 10.7. The molecule has 0 radical (unpaired) electrons. The van der Waals surface area contributed by atoms with Crippen LogP contribution in [0.3, 0.4) is 0 Å². The molecule has 6 heteroatoms. The summed E-state index contributed by atoms with van der Waals surface area (Å²) in [4.78, 5) is 12.9. The number of rotatable bonds is 3. The molecule has 0 saturated carbocycles. The van der Waals surface area contributed by atoms with E-state index in [-0.39, 0.29) is 0 Å². The first-order chi connectivity index (χ1) is 9.75. The molecule has 4 nitrogen and oxygen atoms in total. The molecule has 0 saturated heterocycles. The molecule has 3 rings (SSSR count).